The quantitative estimate of drug-likeness (QED) is 0.637. The van der Waals surface area contributed by atoms with Gasteiger partial charge in [-0.2, -0.15) is 0 Å². The SMILES string of the molecule is CN(C)C(=O)c1cccc(CCNc2ccc(C(=O)Nc3nncs3)cn2)c1. The highest BCUT2D eigenvalue weighted by Gasteiger charge is 2.09. The van der Waals surface area contributed by atoms with Gasteiger partial charge in [-0.25, -0.2) is 4.98 Å². The molecule has 2 heterocycles. The minimum Gasteiger partial charge on any atom is -0.370 e. The minimum atomic E-state index is -0.279. The van der Waals surface area contributed by atoms with Crippen molar-refractivity contribution in [1.29, 1.82) is 0 Å². The molecule has 2 aromatic heterocycles. The van der Waals surface area contributed by atoms with Crippen molar-refractivity contribution in [2.75, 3.05) is 31.3 Å². The van der Waals surface area contributed by atoms with Crippen LogP contribution in [0.1, 0.15) is 26.3 Å². The molecule has 0 aliphatic heterocycles. The number of benzene rings is 1. The summed E-state index contributed by atoms with van der Waals surface area (Å²) in [7, 11) is 3.47. The second kappa shape index (κ2) is 9.05. The van der Waals surface area contributed by atoms with Gasteiger partial charge in [0.05, 0.1) is 5.56 Å². The molecular formula is C19H20N6O2S. The van der Waals surface area contributed by atoms with Crippen LogP contribution in [-0.4, -0.2) is 52.5 Å². The fourth-order valence-corrected chi connectivity index (χ4v) is 2.92. The first kappa shape index (κ1) is 19.4. The molecule has 0 saturated heterocycles. The van der Waals surface area contributed by atoms with Crippen molar-refractivity contribution >= 4 is 34.1 Å². The van der Waals surface area contributed by atoms with Crippen molar-refractivity contribution in [2.45, 2.75) is 6.42 Å². The molecule has 0 radical (unpaired) electrons. The average molecular weight is 396 g/mol. The van der Waals surface area contributed by atoms with E-state index >= 15 is 0 Å². The van der Waals surface area contributed by atoms with E-state index in [1.165, 1.54) is 17.5 Å². The molecule has 3 rings (SSSR count). The van der Waals surface area contributed by atoms with Crippen LogP contribution in [0.3, 0.4) is 0 Å². The standard InChI is InChI=1S/C19H20N6O2S/c1-25(2)18(27)14-5-3-4-13(10-14)8-9-20-16-7-6-15(11-21-16)17(26)23-19-24-22-12-28-19/h3-7,10-12H,8-9H2,1-2H3,(H,20,21)(H,23,24,26). The molecule has 3 aromatic rings. The smallest absolute Gasteiger partial charge is 0.259 e. The van der Waals surface area contributed by atoms with Crippen LogP contribution < -0.4 is 10.6 Å². The molecule has 0 saturated carbocycles. The van der Waals surface area contributed by atoms with E-state index < -0.39 is 0 Å². The summed E-state index contributed by atoms with van der Waals surface area (Å²) in [5.74, 6) is 0.380. The third kappa shape index (κ3) is 5.10. The Morgan fingerprint density at radius 3 is 2.68 bits per heavy atom. The molecule has 144 valence electrons. The fourth-order valence-electron chi connectivity index (χ4n) is 2.48. The summed E-state index contributed by atoms with van der Waals surface area (Å²) in [6.45, 7) is 0.656. The van der Waals surface area contributed by atoms with Crippen molar-refractivity contribution in [3.8, 4) is 0 Å². The lowest BCUT2D eigenvalue weighted by Gasteiger charge is -2.11. The van der Waals surface area contributed by atoms with Crippen LogP contribution in [0.5, 0.6) is 0 Å². The van der Waals surface area contributed by atoms with Crippen molar-refractivity contribution in [3.63, 3.8) is 0 Å². The second-order valence-electron chi connectivity index (χ2n) is 6.21. The zero-order valence-corrected chi connectivity index (χ0v) is 16.4. The van der Waals surface area contributed by atoms with Crippen molar-refractivity contribution < 1.29 is 9.59 Å². The Balaban J connectivity index is 1.52. The molecule has 2 N–H and O–H groups in total. The van der Waals surface area contributed by atoms with E-state index in [1.54, 1.807) is 36.6 Å². The summed E-state index contributed by atoms with van der Waals surface area (Å²) >= 11 is 1.25. The number of carbonyl (C=O) groups is 2. The number of carbonyl (C=O) groups excluding carboxylic acids is 2. The Hall–Kier alpha value is -3.33. The Morgan fingerprint density at radius 2 is 2.00 bits per heavy atom. The topological polar surface area (TPSA) is 100 Å². The molecule has 8 nitrogen and oxygen atoms in total. The molecule has 0 atom stereocenters. The minimum absolute atomic E-state index is 0.0149. The van der Waals surface area contributed by atoms with E-state index in [0.717, 1.165) is 12.0 Å². The number of rotatable bonds is 7. The lowest BCUT2D eigenvalue weighted by molar-refractivity contribution is 0.0827. The van der Waals surface area contributed by atoms with Crippen LogP contribution >= 0.6 is 11.3 Å². The number of amides is 2. The number of anilines is 2. The van der Waals surface area contributed by atoms with Gasteiger partial charge in [-0.3, -0.25) is 14.9 Å². The zero-order valence-electron chi connectivity index (χ0n) is 15.5. The maximum atomic E-state index is 12.1. The van der Waals surface area contributed by atoms with Crippen LogP contribution in [0.25, 0.3) is 0 Å². The molecule has 0 aliphatic rings. The first-order chi connectivity index (χ1) is 13.5. The van der Waals surface area contributed by atoms with Gasteiger partial charge < -0.3 is 10.2 Å². The lowest BCUT2D eigenvalue weighted by Crippen LogP contribution is -2.21. The Labute approximate surface area is 166 Å². The maximum Gasteiger partial charge on any atom is 0.259 e. The van der Waals surface area contributed by atoms with Crippen LogP contribution in [0.2, 0.25) is 0 Å². The van der Waals surface area contributed by atoms with E-state index in [4.69, 9.17) is 0 Å². The summed E-state index contributed by atoms with van der Waals surface area (Å²) in [5, 5.41) is 13.8. The average Bonchev–Trinajstić information content (AvgIpc) is 3.21. The van der Waals surface area contributed by atoms with Gasteiger partial charge in [0, 0.05) is 32.4 Å². The van der Waals surface area contributed by atoms with Crippen molar-refractivity contribution in [1.82, 2.24) is 20.1 Å². The van der Waals surface area contributed by atoms with Crippen LogP contribution in [0.4, 0.5) is 10.9 Å². The third-order valence-corrected chi connectivity index (χ3v) is 4.51. The van der Waals surface area contributed by atoms with Gasteiger partial charge in [-0.05, 0) is 36.2 Å². The van der Waals surface area contributed by atoms with Gasteiger partial charge in [0.25, 0.3) is 11.8 Å². The molecule has 0 spiro atoms. The molecule has 0 unspecified atom stereocenters. The molecule has 0 aliphatic carbocycles. The van der Waals surface area contributed by atoms with E-state index in [2.05, 4.69) is 25.8 Å². The normalized spacial score (nSPS) is 10.4. The summed E-state index contributed by atoms with van der Waals surface area (Å²) in [5.41, 5.74) is 3.72. The van der Waals surface area contributed by atoms with Gasteiger partial charge in [-0.1, -0.05) is 23.5 Å². The van der Waals surface area contributed by atoms with Gasteiger partial charge in [-0.15, -0.1) is 10.2 Å². The van der Waals surface area contributed by atoms with Gasteiger partial charge in [0.15, 0.2) is 0 Å². The highest BCUT2D eigenvalue weighted by atomic mass is 32.1. The number of pyridine rings is 1. The Bertz CT molecular complexity index is 941. The highest BCUT2D eigenvalue weighted by molar-refractivity contribution is 7.13. The second-order valence-corrected chi connectivity index (χ2v) is 7.04. The van der Waals surface area contributed by atoms with Crippen molar-refractivity contribution in [2.24, 2.45) is 0 Å². The van der Waals surface area contributed by atoms with Gasteiger partial charge >= 0.3 is 0 Å². The number of hydrogen-bond donors (Lipinski definition) is 2. The lowest BCUT2D eigenvalue weighted by atomic mass is 10.1. The fraction of sp³-hybridized carbons (Fsp3) is 0.211. The molecule has 1 aromatic carbocycles. The predicted octanol–water partition coefficient (Wildman–Crippen LogP) is 2.54. The number of nitrogens with one attached hydrogen (secondary N) is 2. The Morgan fingerprint density at radius 1 is 1.14 bits per heavy atom. The monoisotopic (exact) mass is 396 g/mol. The molecule has 9 heteroatoms. The van der Waals surface area contributed by atoms with E-state index in [-0.39, 0.29) is 11.8 Å². The summed E-state index contributed by atoms with van der Waals surface area (Å²) in [6.07, 6.45) is 2.25. The summed E-state index contributed by atoms with van der Waals surface area (Å²) < 4.78 is 0. The van der Waals surface area contributed by atoms with E-state index in [1.807, 2.05) is 24.3 Å². The summed E-state index contributed by atoms with van der Waals surface area (Å²) in [4.78, 5) is 30.0. The van der Waals surface area contributed by atoms with Crippen LogP contribution in [-0.2, 0) is 6.42 Å². The number of nitrogens with zero attached hydrogens (tertiary/aromatic N) is 4. The predicted molar refractivity (Wildman–Crippen MR) is 109 cm³/mol. The molecule has 2 amide bonds. The van der Waals surface area contributed by atoms with Crippen molar-refractivity contribution in [3.05, 3.63) is 64.8 Å². The van der Waals surface area contributed by atoms with E-state index in [9.17, 15) is 9.59 Å². The molecule has 0 fully saturated rings. The molecule has 28 heavy (non-hydrogen) atoms. The first-order valence-corrected chi connectivity index (χ1v) is 9.49. The number of hydrogen-bond acceptors (Lipinski definition) is 7. The molecular weight excluding hydrogens is 376 g/mol. The van der Waals surface area contributed by atoms with Crippen LogP contribution in [0.15, 0.2) is 48.1 Å². The highest BCUT2D eigenvalue weighted by Crippen LogP contribution is 2.12. The van der Waals surface area contributed by atoms with Gasteiger partial charge in [0.1, 0.15) is 11.3 Å². The number of aromatic nitrogens is 3. The Kier molecular flexibility index (Phi) is 6.28. The first-order valence-electron chi connectivity index (χ1n) is 8.61. The largest absolute Gasteiger partial charge is 0.370 e. The van der Waals surface area contributed by atoms with Crippen LogP contribution in [0, 0.1) is 0 Å². The van der Waals surface area contributed by atoms with Gasteiger partial charge in [0.2, 0.25) is 5.13 Å². The zero-order chi connectivity index (χ0) is 19.9. The summed E-state index contributed by atoms with van der Waals surface area (Å²) in [6, 6.07) is 11.0. The molecule has 0 bridgehead atoms. The maximum absolute atomic E-state index is 12.1. The third-order valence-electron chi connectivity index (χ3n) is 3.91. The van der Waals surface area contributed by atoms with E-state index in [0.29, 0.717) is 28.6 Å².